The van der Waals surface area contributed by atoms with Crippen LogP contribution in [0.4, 0.5) is 5.69 Å². The molecule has 0 radical (unpaired) electrons. The molecule has 0 bridgehead atoms. The van der Waals surface area contributed by atoms with Crippen molar-refractivity contribution < 1.29 is 0 Å². The summed E-state index contributed by atoms with van der Waals surface area (Å²) in [6.45, 7) is 4.63. The van der Waals surface area contributed by atoms with Crippen molar-refractivity contribution in [3.05, 3.63) is 73.5 Å². The average molecular weight is 420 g/mol. The Kier molecular flexibility index (Phi) is 6.05. The number of aryl methyl sites for hydroxylation is 2. The first-order chi connectivity index (χ1) is 12.8. The van der Waals surface area contributed by atoms with Crippen LogP contribution in [0.1, 0.15) is 16.7 Å². The van der Waals surface area contributed by atoms with E-state index >= 15 is 0 Å². The Morgan fingerprint density at radius 1 is 1.07 bits per heavy atom. The lowest BCUT2D eigenvalue weighted by Gasteiger charge is -2.11. The molecule has 0 unspecified atom stereocenters. The second-order valence-electron chi connectivity index (χ2n) is 6.41. The Hall–Kier alpha value is -2.08. The molecule has 0 saturated carbocycles. The van der Waals surface area contributed by atoms with Gasteiger partial charge in [0.25, 0.3) is 5.56 Å². The number of anilines is 1. The number of aromatic amines is 1. The number of benzene rings is 2. The van der Waals surface area contributed by atoms with E-state index in [2.05, 4.69) is 28.6 Å². The van der Waals surface area contributed by atoms with Gasteiger partial charge in [0.2, 0.25) is 0 Å². The van der Waals surface area contributed by atoms with Crippen molar-refractivity contribution in [2.24, 2.45) is 0 Å². The van der Waals surface area contributed by atoms with E-state index in [4.69, 9.17) is 35.4 Å². The second-order valence-corrected chi connectivity index (χ2v) is 7.63. The van der Waals surface area contributed by atoms with Crippen molar-refractivity contribution in [3.63, 3.8) is 0 Å². The van der Waals surface area contributed by atoms with E-state index in [1.165, 1.54) is 5.56 Å². The molecule has 0 amide bonds. The quantitative estimate of drug-likeness (QED) is 0.521. The van der Waals surface area contributed by atoms with Gasteiger partial charge < -0.3 is 15.6 Å². The highest BCUT2D eigenvalue weighted by Crippen LogP contribution is 2.24. The first kappa shape index (κ1) is 19.7. The van der Waals surface area contributed by atoms with Gasteiger partial charge in [-0.1, -0.05) is 23.2 Å². The molecule has 3 rings (SSSR count). The van der Waals surface area contributed by atoms with E-state index < -0.39 is 0 Å². The molecule has 0 aliphatic carbocycles. The van der Waals surface area contributed by atoms with Crippen molar-refractivity contribution in [1.82, 2.24) is 10.3 Å². The lowest BCUT2D eigenvalue weighted by Crippen LogP contribution is -2.31. The lowest BCUT2D eigenvalue weighted by atomic mass is 10.0. The van der Waals surface area contributed by atoms with Gasteiger partial charge in [-0.3, -0.25) is 4.79 Å². The highest BCUT2D eigenvalue weighted by atomic mass is 35.5. The van der Waals surface area contributed by atoms with Crippen LogP contribution in [-0.2, 0) is 6.42 Å². The summed E-state index contributed by atoms with van der Waals surface area (Å²) in [5, 5.41) is 8.58. The molecular weight excluding hydrogens is 401 g/mol. The number of aromatic nitrogens is 1. The standard InChI is InChI=1S/C20H19Cl2N3OS/c1-11-7-14-9-13(19(26)25-18(14)8-12(11)2)5-6-23-20(27)24-15-3-4-16(21)17(22)10-15/h3-4,7-10H,5-6H2,1-2H3,(H,25,26)(H2,23,24,27). The smallest absolute Gasteiger partial charge is 0.251 e. The fraction of sp³-hybridized carbons (Fsp3) is 0.200. The van der Waals surface area contributed by atoms with Crippen LogP contribution in [0.5, 0.6) is 0 Å². The molecule has 0 fully saturated rings. The fourth-order valence-electron chi connectivity index (χ4n) is 2.77. The molecule has 1 aromatic heterocycles. The van der Waals surface area contributed by atoms with Gasteiger partial charge >= 0.3 is 0 Å². The van der Waals surface area contributed by atoms with Crippen LogP contribution in [-0.4, -0.2) is 16.6 Å². The van der Waals surface area contributed by atoms with Crippen LogP contribution < -0.4 is 16.2 Å². The largest absolute Gasteiger partial charge is 0.362 e. The molecule has 0 spiro atoms. The van der Waals surface area contributed by atoms with E-state index in [-0.39, 0.29) is 5.56 Å². The number of rotatable bonds is 4. The number of hydrogen-bond acceptors (Lipinski definition) is 2. The van der Waals surface area contributed by atoms with Crippen molar-refractivity contribution in [2.45, 2.75) is 20.3 Å². The molecule has 27 heavy (non-hydrogen) atoms. The number of pyridine rings is 1. The summed E-state index contributed by atoms with van der Waals surface area (Å²) in [6.07, 6.45) is 0.557. The third-order valence-electron chi connectivity index (χ3n) is 4.39. The normalized spacial score (nSPS) is 10.8. The van der Waals surface area contributed by atoms with E-state index in [9.17, 15) is 4.79 Å². The van der Waals surface area contributed by atoms with E-state index in [1.807, 2.05) is 19.1 Å². The van der Waals surface area contributed by atoms with Crippen LogP contribution in [0, 0.1) is 13.8 Å². The lowest BCUT2D eigenvalue weighted by molar-refractivity contribution is 0.863. The van der Waals surface area contributed by atoms with Gasteiger partial charge in [0.1, 0.15) is 0 Å². The van der Waals surface area contributed by atoms with Gasteiger partial charge in [-0.25, -0.2) is 0 Å². The zero-order valence-electron chi connectivity index (χ0n) is 15.0. The number of hydrogen-bond donors (Lipinski definition) is 3. The second kappa shape index (κ2) is 8.30. The zero-order valence-corrected chi connectivity index (χ0v) is 17.3. The van der Waals surface area contributed by atoms with Crippen LogP contribution in [0.3, 0.4) is 0 Å². The molecular formula is C20H19Cl2N3OS. The summed E-state index contributed by atoms with van der Waals surface area (Å²) in [4.78, 5) is 15.3. The Bertz CT molecular complexity index is 1080. The van der Waals surface area contributed by atoms with Crippen LogP contribution in [0.2, 0.25) is 10.0 Å². The predicted octanol–water partition coefficient (Wildman–Crippen LogP) is 4.98. The third-order valence-corrected chi connectivity index (χ3v) is 5.38. The molecule has 2 aromatic carbocycles. The summed E-state index contributed by atoms with van der Waals surface area (Å²) in [5.41, 5.74) is 4.61. The number of thiocarbonyl (C=S) groups is 1. The average Bonchev–Trinajstić information content (AvgIpc) is 2.60. The van der Waals surface area contributed by atoms with Crippen molar-refractivity contribution in [2.75, 3.05) is 11.9 Å². The highest BCUT2D eigenvalue weighted by Gasteiger charge is 2.06. The van der Waals surface area contributed by atoms with Gasteiger partial charge in [0.15, 0.2) is 5.11 Å². The number of nitrogens with one attached hydrogen (secondary N) is 3. The Morgan fingerprint density at radius 3 is 2.56 bits per heavy atom. The summed E-state index contributed by atoms with van der Waals surface area (Å²) >= 11 is 17.2. The van der Waals surface area contributed by atoms with Crippen molar-refractivity contribution >= 4 is 57.1 Å². The highest BCUT2D eigenvalue weighted by molar-refractivity contribution is 7.80. The summed E-state index contributed by atoms with van der Waals surface area (Å²) in [5.74, 6) is 0. The SMILES string of the molecule is Cc1cc2cc(CCNC(=S)Nc3ccc(Cl)c(Cl)c3)c(=O)[nH]c2cc1C. The molecule has 140 valence electrons. The van der Waals surface area contributed by atoms with Gasteiger partial charge in [0.05, 0.1) is 10.0 Å². The first-order valence-electron chi connectivity index (χ1n) is 8.46. The van der Waals surface area contributed by atoms with E-state index in [0.717, 1.165) is 27.7 Å². The number of H-pyrrole nitrogens is 1. The van der Waals surface area contributed by atoms with Gasteiger partial charge in [-0.05, 0) is 85.4 Å². The summed E-state index contributed by atoms with van der Waals surface area (Å²) in [7, 11) is 0. The van der Waals surface area contributed by atoms with Gasteiger partial charge in [0, 0.05) is 23.3 Å². The molecule has 7 heteroatoms. The first-order valence-corrected chi connectivity index (χ1v) is 9.63. The van der Waals surface area contributed by atoms with E-state index in [0.29, 0.717) is 28.1 Å². The molecule has 3 N–H and O–H groups in total. The molecule has 1 heterocycles. The maximum atomic E-state index is 12.3. The molecule has 0 atom stereocenters. The Balaban J connectivity index is 1.63. The molecule has 3 aromatic rings. The minimum Gasteiger partial charge on any atom is -0.362 e. The summed E-state index contributed by atoms with van der Waals surface area (Å²) in [6, 6.07) is 11.2. The van der Waals surface area contributed by atoms with Gasteiger partial charge in [-0.15, -0.1) is 0 Å². The maximum absolute atomic E-state index is 12.3. The summed E-state index contributed by atoms with van der Waals surface area (Å²) < 4.78 is 0. The van der Waals surface area contributed by atoms with Crippen LogP contribution in [0.25, 0.3) is 10.9 Å². The fourth-order valence-corrected chi connectivity index (χ4v) is 3.29. The topological polar surface area (TPSA) is 56.9 Å². The maximum Gasteiger partial charge on any atom is 0.251 e. The molecule has 0 aliphatic heterocycles. The minimum absolute atomic E-state index is 0.0732. The Labute approximate surface area is 172 Å². The number of halogens is 2. The predicted molar refractivity (Wildman–Crippen MR) is 118 cm³/mol. The third kappa shape index (κ3) is 4.80. The Morgan fingerprint density at radius 2 is 1.81 bits per heavy atom. The number of fused-ring (bicyclic) bond motifs is 1. The molecule has 0 aliphatic rings. The minimum atomic E-state index is -0.0732. The van der Waals surface area contributed by atoms with Crippen molar-refractivity contribution in [1.29, 1.82) is 0 Å². The molecule has 0 saturated heterocycles. The van der Waals surface area contributed by atoms with Crippen LogP contribution >= 0.6 is 35.4 Å². The van der Waals surface area contributed by atoms with Gasteiger partial charge in [-0.2, -0.15) is 0 Å². The van der Waals surface area contributed by atoms with Crippen LogP contribution in [0.15, 0.2) is 41.2 Å². The van der Waals surface area contributed by atoms with Crippen molar-refractivity contribution in [3.8, 4) is 0 Å². The molecule has 4 nitrogen and oxygen atoms in total. The monoisotopic (exact) mass is 419 g/mol. The van der Waals surface area contributed by atoms with E-state index in [1.54, 1.807) is 18.2 Å². The zero-order chi connectivity index (χ0) is 19.6.